The van der Waals surface area contributed by atoms with Gasteiger partial charge in [0, 0.05) is 24.4 Å². The van der Waals surface area contributed by atoms with Gasteiger partial charge in [-0.2, -0.15) is 10.1 Å². The van der Waals surface area contributed by atoms with Crippen molar-refractivity contribution in [3.8, 4) is 0 Å². The lowest BCUT2D eigenvalue weighted by molar-refractivity contribution is -0.121. The standard InChI is InChI=1S/C17H18FN5O/c1-11-15(12(2)23-17(22-11)20-10-21-23)6-7-16(24)19-9-13-4-3-5-14(18)8-13/h3-5,8,10H,6-7,9H2,1-2H3,(H,19,24). The highest BCUT2D eigenvalue weighted by molar-refractivity contribution is 5.76. The number of fused-ring (bicyclic) bond motifs is 1. The van der Waals surface area contributed by atoms with E-state index in [1.807, 2.05) is 13.8 Å². The topological polar surface area (TPSA) is 72.2 Å². The van der Waals surface area contributed by atoms with Crippen LogP contribution in [0, 0.1) is 19.7 Å². The van der Waals surface area contributed by atoms with Crippen LogP contribution in [-0.2, 0) is 17.8 Å². The van der Waals surface area contributed by atoms with E-state index in [-0.39, 0.29) is 11.7 Å². The first-order chi connectivity index (χ1) is 11.5. The molecule has 0 radical (unpaired) electrons. The summed E-state index contributed by atoms with van der Waals surface area (Å²) in [6.45, 7) is 4.16. The summed E-state index contributed by atoms with van der Waals surface area (Å²) in [7, 11) is 0. The average Bonchev–Trinajstić information content (AvgIpc) is 3.01. The van der Waals surface area contributed by atoms with Crippen LogP contribution in [0.5, 0.6) is 0 Å². The molecule has 7 heteroatoms. The van der Waals surface area contributed by atoms with Crippen LogP contribution in [0.3, 0.4) is 0 Å². The molecule has 2 aromatic heterocycles. The second-order valence-corrected chi connectivity index (χ2v) is 5.64. The van der Waals surface area contributed by atoms with Gasteiger partial charge in [0.2, 0.25) is 5.91 Å². The van der Waals surface area contributed by atoms with Gasteiger partial charge < -0.3 is 5.32 Å². The number of carbonyl (C=O) groups excluding carboxylic acids is 1. The van der Waals surface area contributed by atoms with Crippen molar-refractivity contribution < 1.29 is 9.18 Å². The molecule has 1 amide bonds. The Labute approximate surface area is 138 Å². The Bertz CT molecular complexity index is 890. The Balaban J connectivity index is 1.62. The first-order valence-corrected chi connectivity index (χ1v) is 7.71. The van der Waals surface area contributed by atoms with Gasteiger partial charge >= 0.3 is 0 Å². The number of hydrogen-bond acceptors (Lipinski definition) is 4. The number of benzene rings is 1. The maximum absolute atomic E-state index is 13.1. The highest BCUT2D eigenvalue weighted by atomic mass is 19.1. The molecule has 0 aliphatic rings. The average molecular weight is 327 g/mol. The third-order valence-corrected chi connectivity index (χ3v) is 3.97. The summed E-state index contributed by atoms with van der Waals surface area (Å²) in [5, 5.41) is 6.95. The quantitative estimate of drug-likeness (QED) is 0.779. The van der Waals surface area contributed by atoms with Crippen molar-refractivity contribution >= 4 is 11.7 Å². The van der Waals surface area contributed by atoms with Crippen LogP contribution in [0.1, 0.15) is 28.9 Å². The molecule has 0 aliphatic carbocycles. The van der Waals surface area contributed by atoms with Gasteiger partial charge in [0.25, 0.3) is 5.78 Å². The number of carbonyl (C=O) groups is 1. The lowest BCUT2D eigenvalue weighted by Crippen LogP contribution is -2.23. The molecule has 24 heavy (non-hydrogen) atoms. The lowest BCUT2D eigenvalue weighted by atomic mass is 10.1. The number of halogens is 1. The van der Waals surface area contributed by atoms with Crippen molar-refractivity contribution in [3.05, 3.63) is 58.9 Å². The minimum Gasteiger partial charge on any atom is -0.352 e. The molecule has 2 heterocycles. The summed E-state index contributed by atoms with van der Waals surface area (Å²) in [6, 6.07) is 6.20. The van der Waals surface area contributed by atoms with E-state index >= 15 is 0 Å². The highest BCUT2D eigenvalue weighted by Crippen LogP contribution is 2.14. The SMILES string of the molecule is Cc1nc2ncnn2c(C)c1CCC(=O)NCc1cccc(F)c1. The minimum absolute atomic E-state index is 0.0863. The van der Waals surface area contributed by atoms with Gasteiger partial charge in [-0.05, 0) is 43.5 Å². The van der Waals surface area contributed by atoms with E-state index in [1.54, 1.807) is 16.6 Å². The summed E-state index contributed by atoms with van der Waals surface area (Å²) < 4.78 is 14.8. The number of aryl methyl sites for hydroxylation is 2. The predicted octanol–water partition coefficient (Wildman–Crippen LogP) is 2.13. The molecule has 0 saturated heterocycles. The Hall–Kier alpha value is -2.83. The summed E-state index contributed by atoms with van der Waals surface area (Å²) in [5.74, 6) is 0.168. The summed E-state index contributed by atoms with van der Waals surface area (Å²) >= 11 is 0. The fourth-order valence-corrected chi connectivity index (χ4v) is 2.69. The number of amides is 1. The molecule has 1 aromatic carbocycles. The Morgan fingerprint density at radius 1 is 1.33 bits per heavy atom. The molecule has 3 aromatic rings. The highest BCUT2D eigenvalue weighted by Gasteiger charge is 2.12. The zero-order chi connectivity index (χ0) is 17.1. The Morgan fingerprint density at radius 2 is 2.17 bits per heavy atom. The number of hydrogen-bond donors (Lipinski definition) is 1. The largest absolute Gasteiger partial charge is 0.352 e. The normalized spacial score (nSPS) is 11.0. The summed E-state index contributed by atoms with van der Waals surface area (Å²) in [4.78, 5) is 20.5. The molecular formula is C17H18FN5O. The van der Waals surface area contributed by atoms with Crippen LogP contribution in [-0.4, -0.2) is 25.5 Å². The minimum atomic E-state index is -0.305. The molecule has 0 atom stereocenters. The molecule has 6 nitrogen and oxygen atoms in total. The first kappa shape index (κ1) is 16.0. The molecule has 124 valence electrons. The molecule has 1 N–H and O–H groups in total. The van der Waals surface area contributed by atoms with E-state index in [4.69, 9.17) is 0 Å². The first-order valence-electron chi connectivity index (χ1n) is 7.71. The van der Waals surface area contributed by atoms with Crippen LogP contribution in [0.15, 0.2) is 30.6 Å². The molecule has 0 aliphatic heterocycles. The van der Waals surface area contributed by atoms with Crippen molar-refractivity contribution in [2.75, 3.05) is 0 Å². The summed E-state index contributed by atoms with van der Waals surface area (Å²) in [6.07, 6.45) is 2.36. The maximum Gasteiger partial charge on any atom is 0.252 e. The monoisotopic (exact) mass is 327 g/mol. The van der Waals surface area contributed by atoms with Crippen molar-refractivity contribution in [1.29, 1.82) is 0 Å². The van der Waals surface area contributed by atoms with Crippen LogP contribution in [0.4, 0.5) is 4.39 Å². The third-order valence-electron chi connectivity index (χ3n) is 3.97. The number of aromatic nitrogens is 4. The van der Waals surface area contributed by atoms with Crippen LogP contribution < -0.4 is 5.32 Å². The number of rotatable bonds is 5. The van der Waals surface area contributed by atoms with Crippen molar-refractivity contribution in [2.45, 2.75) is 33.2 Å². The molecule has 3 rings (SSSR count). The van der Waals surface area contributed by atoms with Gasteiger partial charge in [-0.15, -0.1) is 0 Å². The third kappa shape index (κ3) is 3.40. The molecule has 0 unspecified atom stereocenters. The van der Waals surface area contributed by atoms with E-state index < -0.39 is 0 Å². The van der Waals surface area contributed by atoms with Crippen molar-refractivity contribution in [1.82, 2.24) is 24.9 Å². The molecule has 0 fully saturated rings. The fraction of sp³-hybridized carbons (Fsp3) is 0.294. The molecule has 0 bridgehead atoms. The van der Waals surface area contributed by atoms with Gasteiger partial charge in [-0.3, -0.25) is 4.79 Å². The molecule has 0 spiro atoms. The molecule has 0 saturated carbocycles. The van der Waals surface area contributed by atoms with E-state index in [1.165, 1.54) is 18.5 Å². The zero-order valence-corrected chi connectivity index (χ0v) is 13.6. The van der Waals surface area contributed by atoms with Gasteiger partial charge in [-0.25, -0.2) is 13.9 Å². The number of nitrogens with one attached hydrogen (secondary N) is 1. The van der Waals surface area contributed by atoms with Crippen LogP contribution in [0.25, 0.3) is 5.78 Å². The van der Waals surface area contributed by atoms with Crippen molar-refractivity contribution in [3.63, 3.8) is 0 Å². The Kier molecular flexibility index (Phi) is 4.50. The Morgan fingerprint density at radius 3 is 2.96 bits per heavy atom. The van der Waals surface area contributed by atoms with Gasteiger partial charge in [0.05, 0.1) is 0 Å². The van der Waals surface area contributed by atoms with E-state index in [2.05, 4.69) is 20.4 Å². The van der Waals surface area contributed by atoms with E-state index in [0.717, 1.165) is 22.5 Å². The number of nitrogens with zero attached hydrogens (tertiary/aromatic N) is 4. The van der Waals surface area contributed by atoms with Gasteiger partial charge in [0.15, 0.2) is 0 Å². The van der Waals surface area contributed by atoms with Crippen molar-refractivity contribution in [2.24, 2.45) is 0 Å². The lowest BCUT2D eigenvalue weighted by Gasteiger charge is -2.10. The second-order valence-electron chi connectivity index (χ2n) is 5.64. The zero-order valence-electron chi connectivity index (χ0n) is 13.6. The smallest absolute Gasteiger partial charge is 0.252 e. The fourth-order valence-electron chi connectivity index (χ4n) is 2.69. The maximum atomic E-state index is 13.1. The second kappa shape index (κ2) is 6.74. The predicted molar refractivity (Wildman–Crippen MR) is 86.8 cm³/mol. The van der Waals surface area contributed by atoms with Crippen LogP contribution in [0.2, 0.25) is 0 Å². The van der Waals surface area contributed by atoms with Gasteiger partial charge in [0.1, 0.15) is 12.1 Å². The van der Waals surface area contributed by atoms with E-state index in [9.17, 15) is 9.18 Å². The summed E-state index contributed by atoms with van der Waals surface area (Å²) in [5.41, 5.74) is 3.52. The molecular weight excluding hydrogens is 309 g/mol. The van der Waals surface area contributed by atoms with Gasteiger partial charge in [-0.1, -0.05) is 12.1 Å². The van der Waals surface area contributed by atoms with E-state index in [0.29, 0.717) is 25.2 Å². The van der Waals surface area contributed by atoms with Crippen LogP contribution >= 0.6 is 0 Å².